The number of ketones is 2. The predicted octanol–water partition coefficient (Wildman–Crippen LogP) is 5.91. The van der Waals surface area contributed by atoms with E-state index < -0.39 is 5.92 Å². The molecule has 2 aromatic rings. The SMILES string of the molecule is Cc1ccc(-c2cc(C)c(C3C(=O)C/C(=C\C4CCOCC4)C3=O)c(C)c2)cc1Cl. The second kappa shape index (κ2) is 8.49. The number of allylic oxidation sites excluding steroid dienone is 2. The van der Waals surface area contributed by atoms with Gasteiger partial charge in [0, 0.05) is 24.7 Å². The van der Waals surface area contributed by atoms with Crippen LogP contribution in [0.3, 0.4) is 0 Å². The number of aryl methyl sites for hydroxylation is 3. The molecule has 30 heavy (non-hydrogen) atoms. The number of benzene rings is 2. The van der Waals surface area contributed by atoms with Gasteiger partial charge in [0.15, 0.2) is 11.6 Å². The number of halogens is 1. The topological polar surface area (TPSA) is 43.4 Å². The standard InChI is InChI=1S/C26H27ClO3/c1-15-4-5-19(13-22(15)27)20-10-16(2)24(17(3)11-20)25-23(28)14-21(26(25)29)12-18-6-8-30-9-7-18/h4-5,10-13,18,25H,6-9,14H2,1-3H3/b21-12+. The first-order valence-electron chi connectivity index (χ1n) is 10.6. The lowest BCUT2D eigenvalue weighted by Gasteiger charge is -2.19. The Kier molecular flexibility index (Phi) is 5.95. The van der Waals surface area contributed by atoms with E-state index in [1.54, 1.807) is 0 Å². The first-order chi connectivity index (χ1) is 14.3. The van der Waals surface area contributed by atoms with Crippen molar-refractivity contribution in [3.8, 4) is 11.1 Å². The highest BCUT2D eigenvalue weighted by Gasteiger charge is 2.40. The average Bonchev–Trinajstić information content (AvgIpc) is 2.98. The normalized spacial score (nSPS) is 21.6. The molecule has 1 saturated carbocycles. The van der Waals surface area contributed by atoms with E-state index in [-0.39, 0.29) is 18.0 Å². The minimum atomic E-state index is -0.674. The summed E-state index contributed by atoms with van der Waals surface area (Å²) in [6.45, 7) is 7.41. The van der Waals surface area contributed by atoms with E-state index in [1.165, 1.54) is 0 Å². The molecule has 0 N–H and O–H groups in total. The summed E-state index contributed by atoms with van der Waals surface area (Å²) in [5.74, 6) is -0.355. The number of rotatable bonds is 3. The van der Waals surface area contributed by atoms with Crippen molar-refractivity contribution >= 4 is 23.2 Å². The summed E-state index contributed by atoms with van der Waals surface area (Å²) in [4.78, 5) is 26.1. The van der Waals surface area contributed by atoms with E-state index in [1.807, 2.05) is 39.0 Å². The van der Waals surface area contributed by atoms with Crippen LogP contribution in [0.15, 0.2) is 42.0 Å². The van der Waals surface area contributed by atoms with Crippen LogP contribution in [0.1, 0.15) is 47.4 Å². The zero-order valence-electron chi connectivity index (χ0n) is 17.8. The zero-order valence-corrected chi connectivity index (χ0v) is 18.5. The molecule has 2 fully saturated rings. The molecule has 4 heteroatoms. The maximum absolute atomic E-state index is 13.2. The zero-order chi connectivity index (χ0) is 21.4. The van der Waals surface area contributed by atoms with Gasteiger partial charge in [-0.2, -0.15) is 0 Å². The monoisotopic (exact) mass is 422 g/mol. The molecule has 0 amide bonds. The van der Waals surface area contributed by atoms with Crippen LogP contribution < -0.4 is 0 Å². The third-order valence-corrected chi connectivity index (χ3v) is 6.76. The summed E-state index contributed by atoms with van der Waals surface area (Å²) in [6.07, 6.45) is 4.12. The number of carbonyl (C=O) groups is 2. The van der Waals surface area contributed by atoms with Crippen LogP contribution in [-0.4, -0.2) is 24.8 Å². The van der Waals surface area contributed by atoms with E-state index in [0.717, 1.165) is 64.5 Å². The summed E-state index contributed by atoms with van der Waals surface area (Å²) in [5.41, 5.74) is 6.62. The Morgan fingerprint density at radius 2 is 1.60 bits per heavy atom. The van der Waals surface area contributed by atoms with Crippen molar-refractivity contribution in [3.63, 3.8) is 0 Å². The van der Waals surface area contributed by atoms with Gasteiger partial charge < -0.3 is 4.74 Å². The number of carbonyl (C=O) groups excluding carboxylic acids is 2. The van der Waals surface area contributed by atoms with Gasteiger partial charge in [0.05, 0.1) is 0 Å². The quantitative estimate of drug-likeness (QED) is 0.456. The Balaban J connectivity index is 1.66. The summed E-state index contributed by atoms with van der Waals surface area (Å²) in [5, 5.41) is 0.732. The van der Waals surface area contributed by atoms with Gasteiger partial charge in [0.25, 0.3) is 0 Å². The largest absolute Gasteiger partial charge is 0.381 e. The highest BCUT2D eigenvalue weighted by Crippen LogP contribution is 2.38. The Bertz CT molecular complexity index is 1020. The van der Waals surface area contributed by atoms with E-state index in [2.05, 4.69) is 18.2 Å². The minimum absolute atomic E-state index is 0.00985. The van der Waals surface area contributed by atoms with E-state index in [0.29, 0.717) is 11.5 Å². The Morgan fingerprint density at radius 3 is 2.23 bits per heavy atom. The van der Waals surface area contributed by atoms with Gasteiger partial charge in [0.2, 0.25) is 0 Å². The van der Waals surface area contributed by atoms with Crippen LogP contribution in [-0.2, 0) is 14.3 Å². The molecule has 0 radical (unpaired) electrons. The third kappa shape index (κ3) is 4.01. The lowest BCUT2D eigenvalue weighted by molar-refractivity contribution is -0.123. The van der Waals surface area contributed by atoms with Crippen LogP contribution in [0.5, 0.6) is 0 Å². The van der Waals surface area contributed by atoms with Gasteiger partial charge in [-0.25, -0.2) is 0 Å². The molecule has 1 saturated heterocycles. The highest BCUT2D eigenvalue weighted by atomic mass is 35.5. The maximum atomic E-state index is 13.2. The van der Waals surface area contributed by atoms with Crippen molar-refractivity contribution in [2.75, 3.05) is 13.2 Å². The number of hydrogen-bond acceptors (Lipinski definition) is 3. The Labute approximate surface area is 183 Å². The minimum Gasteiger partial charge on any atom is -0.381 e. The van der Waals surface area contributed by atoms with Crippen LogP contribution in [0.2, 0.25) is 5.02 Å². The first-order valence-corrected chi connectivity index (χ1v) is 11.0. The molecule has 2 aliphatic rings. The molecule has 1 unspecified atom stereocenters. The van der Waals surface area contributed by atoms with Crippen LogP contribution in [0, 0.1) is 26.7 Å². The number of ether oxygens (including phenoxy) is 1. The smallest absolute Gasteiger partial charge is 0.173 e. The Morgan fingerprint density at radius 1 is 0.933 bits per heavy atom. The summed E-state index contributed by atoms with van der Waals surface area (Å²) in [6, 6.07) is 10.1. The molecule has 2 aromatic carbocycles. The molecule has 1 aliphatic carbocycles. The van der Waals surface area contributed by atoms with Gasteiger partial charge in [-0.3, -0.25) is 9.59 Å². The number of hydrogen-bond donors (Lipinski definition) is 0. The molecule has 0 bridgehead atoms. The van der Waals surface area contributed by atoms with Crippen LogP contribution >= 0.6 is 11.6 Å². The van der Waals surface area contributed by atoms with Gasteiger partial charge in [-0.05, 0) is 84.6 Å². The second-order valence-corrected chi connectivity index (χ2v) is 8.98. The van der Waals surface area contributed by atoms with E-state index >= 15 is 0 Å². The van der Waals surface area contributed by atoms with Crippen molar-refractivity contribution in [2.24, 2.45) is 5.92 Å². The lowest BCUT2D eigenvalue weighted by Crippen LogP contribution is -2.17. The maximum Gasteiger partial charge on any atom is 0.173 e. The predicted molar refractivity (Wildman–Crippen MR) is 120 cm³/mol. The lowest BCUT2D eigenvalue weighted by atomic mass is 9.85. The van der Waals surface area contributed by atoms with Gasteiger partial charge in [-0.1, -0.05) is 41.9 Å². The van der Waals surface area contributed by atoms with Gasteiger partial charge >= 0.3 is 0 Å². The van der Waals surface area contributed by atoms with Crippen LogP contribution in [0.4, 0.5) is 0 Å². The molecule has 1 aliphatic heterocycles. The molecule has 156 valence electrons. The molecule has 1 heterocycles. The fourth-order valence-corrected chi connectivity index (χ4v) is 4.86. The second-order valence-electron chi connectivity index (χ2n) is 8.57. The van der Waals surface area contributed by atoms with Crippen molar-refractivity contribution in [2.45, 2.75) is 46.0 Å². The summed E-state index contributed by atoms with van der Waals surface area (Å²) < 4.78 is 5.41. The summed E-state index contributed by atoms with van der Waals surface area (Å²) >= 11 is 6.31. The third-order valence-electron chi connectivity index (χ3n) is 6.36. The Hall–Kier alpha value is -2.23. The fourth-order valence-electron chi connectivity index (χ4n) is 4.68. The molecule has 4 rings (SSSR count). The molecular formula is C26H27ClO3. The summed E-state index contributed by atoms with van der Waals surface area (Å²) in [7, 11) is 0. The fraction of sp³-hybridized carbons (Fsp3) is 0.385. The van der Waals surface area contributed by atoms with Crippen molar-refractivity contribution < 1.29 is 14.3 Å². The highest BCUT2D eigenvalue weighted by molar-refractivity contribution is 6.31. The van der Waals surface area contributed by atoms with Gasteiger partial charge in [0.1, 0.15) is 5.92 Å². The van der Waals surface area contributed by atoms with Gasteiger partial charge in [-0.15, -0.1) is 0 Å². The van der Waals surface area contributed by atoms with E-state index in [4.69, 9.17) is 16.3 Å². The van der Waals surface area contributed by atoms with Crippen molar-refractivity contribution in [1.29, 1.82) is 0 Å². The first kappa shape index (κ1) is 21.0. The molecule has 0 aromatic heterocycles. The van der Waals surface area contributed by atoms with E-state index in [9.17, 15) is 9.59 Å². The van der Waals surface area contributed by atoms with Crippen LogP contribution in [0.25, 0.3) is 11.1 Å². The average molecular weight is 423 g/mol. The van der Waals surface area contributed by atoms with Crippen molar-refractivity contribution in [3.05, 3.63) is 69.3 Å². The van der Waals surface area contributed by atoms with Crippen molar-refractivity contribution in [1.82, 2.24) is 0 Å². The molecule has 1 atom stereocenters. The molecule has 3 nitrogen and oxygen atoms in total. The molecular weight excluding hydrogens is 396 g/mol. The molecule has 0 spiro atoms. The number of Topliss-reactive ketones (excluding diaryl/α,β-unsaturated/α-hetero) is 2.